The van der Waals surface area contributed by atoms with E-state index in [1.807, 2.05) is 40.1 Å². The summed E-state index contributed by atoms with van der Waals surface area (Å²) in [5, 5.41) is 2.29. The quantitative estimate of drug-likeness (QED) is 0.307. The monoisotopic (exact) mass is 492 g/mol. The number of carbonyl (C=O) groups excluding carboxylic acids is 1. The van der Waals surface area contributed by atoms with Crippen molar-refractivity contribution in [2.24, 2.45) is 0 Å². The van der Waals surface area contributed by atoms with E-state index in [0.717, 1.165) is 40.6 Å². The van der Waals surface area contributed by atoms with Gasteiger partial charge in [0.2, 0.25) is 5.91 Å². The van der Waals surface area contributed by atoms with E-state index in [2.05, 4.69) is 41.4 Å². The Morgan fingerprint density at radius 1 is 0.865 bits per heavy atom. The zero-order chi connectivity index (χ0) is 25.2. The van der Waals surface area contributed by atoms with E-state index in [9.17, 15) is 9.18 Å². The van der Waals surface area contributed by atoms with Crippen LogP contribution in [0.25, 0.3) is 33.2 Å². The molecule has 3 aromatic carbocycles. The molecule has 1 N–H and O–H groups in total. The number of hydrogen-bond acceptors (Lipinski definition) is 3. The number of nitrogens with one attached hydrogen (secondary N) is 1. The van der Waals surface area contributed by atoms with Crippen molar-refractivity contribution in [3.63, 3.8) is 0 Å². The SMILES string of the molecule is O=C(CCCc1c(-c2ccc3ccccc3n2)[nH]c2ccccc12)N1CCN(c2ccccc2F)CC1. The average molecular weight is 493 g/mol. The number of H-pyrrole nitrogens is 1. The van der Waals surface area contributed by atoms with Gasteiger partial charge in [0, 0.05) is 48.9 Å². The average Bonchev–Trinajstić information content (AvgIpc) is 3.32. The second kappa shape index (κ2) is 10.1. The van der Waals surface area contributed by atoms with Gasteiger partial charge in [-0.1, -0.05) is 54.6 Å². The van der Waals surface area contributed by atoms with Gasteiger partial charge in [0.25, 0.3) is 0 Å². The molecule has 1 aliphatic rings. The number of rotatable bonds is 6. The summed E-state index contributed by atoms with van der Waals surface area (Å²) in [7, 11) is 0. The fraction of sp³-hybridized carbons (Fsp3) is 0.226. The molecule has 0 bridgehead atoms. The molecule has 2 aromatic heterocycles. The molecular formula is C31H29FN4O. The van der Waals surface area contributed by atoms with E-state index >= 15 is 0 Å². The maximum Gasteiger partial charge on any atom is 0.222 e. The normalized spacial score (nSPS) is 14.0. The Balaban J connectivity index is 1.14. The summed E-state index contributed by atoms with van der Waals surface area (Å²) < 4.78 is 14.1. The molecule has 0 spiro atoms. The van der Waals surface area contributed by atoms with Crippen molar-refractivity contribution in [2.45, 2.75) is 19.3 Å². The van der Waals surface area contributed by atoms with Gasteiger partial charge < -0.3 is 14.8 Å². The number of piperazine rings is 1. The highest BCUT2D eigenvalue weighted by molar-refractivity contribution is 5.91. The number of halogens is 1. The molecule has 37 heavy (non-hydrogen) atoms. The van der Waals surface area contributed by atoms with Gasteiger partial charge in [-0.3, -0.25) is 4.79 Å². The fourth-order valence-electron chi connectivity index (χ4n) is 5.36. The van der Waals surface area contributed by atoms with E-state index in [1.54, 1.807) is 12.1 Å². The Morgan fingerprint density at radius 3 is 2.49 bits per heavy atom. The molecule has 3 heterocycles. The number of fused-ring (bicyclic) bond motifs is 2. The minimum Gasteiger partial charge on any atom is -0.366 e. The molecule has 6 rings (SSSR count). The fourth-order valence-corrected chi connectivity index (χ4v) is 5.36. The predicted molar refractivity (Wildman–Crippen MR) is 147 cm³/mol. The van der Waals surface area contributed by atoms with Gasteiger partial charge >= 0.3 is 0 Å². The van der Waals surface area contributed by atoms with Gasteiger partial charge in [0.1, 0.15) is 5.82 Å². The number of aromatic amines is 1. The second-order valence-corrected chi connectivity index (χ2v) is 9.59. The third-order valence-corrected chi connectivity index (χ3v) is 7.31. The zero-order valence-corrected chi connectivity index (χ0v) is 20.7. The molecule has 5 aromatic rings. The first-order valence-corrected chi connectivity index (χ1v) is 12.9. The van der Waals surface area contributed by atoms with Crippen LogP contribution in [0, 0.1) is 5.82 Å². The molecule has 1 saturated heterocycles. The molecule has 186 valence electrons. The van der Waals surface area contributed by atoms with Crippen molar-refractivity contribution in [2.75, 3.05) is 31.1 Å². The van der Waals surface area contributed by atoms with E-state index in [0.29, 0.717) is 38.3 Å². The minimum atomic E-state index is -0.210. The smallest absolute Gasteiger partial charge is 0.222 e. The summed E-state index contributed by atoms with van der Waals surface area (Å²) in [5.41, 5.74) is 5.81. The molecule has 0 unspecified atom stereocenters. The predicted octanol–water partition coefficient (Wildman–Crippen LogP) is 6.19. The van der Waals surface area contributed by atoms with Gasteiger partial charge in [-0.15, -0.1) is 0 Å². The number of benzene rings is 3. The second-order valence-electron chi connectivity index (χ2n) is 9.59. The standard InChI is InChI=1S/C31H29FN4O/c32-25-11-3-6-14-29(25)35-18-20-36(21-19-35)30(37)15-7-10-24-23-9-2-5-13-27(23)34-31(24)28-17-16-22-8-1-4-12-26(22)33-28/h1-6,8-9,11-14,16-17,34H,7,10,15,18-21H2. The van der Waals surface area contributed by atoms with Crippen molar-refractivity contribution in [1.29, 1.82) is 0 Å². The molecule has 0 radical (unpaired) electrons. The molecule has 6 heteroatoms. The van der Waals surface area contributed by atoms with Gasteiger partial charge in [0.15, 0.2) is 0 Å². The van der Waals surface area contributed by atoms with E-state index in [4.69, 9.17) is 4.98 Å². The van der Waals surface area contributed by atoms with Crippen LogP contribution >= 0.6 is 0 Å². The first-order valence-electron chi connectivity index (χ1n) is 12.9. The third-order valence-electron chi connectivity index (χ3n) is 7.31. The summed E-state index contributed by atoms with van der Waals surface area (Å²) in [6.07, 6.45) is 2.04. The first-order chi connectivity index (χ1) is 18.2. The van der Waals surface area contributed by atoms with Gasteiger partial charge in [-0.05, 0) is 48.7 Å². The maximum atomic E-state index is 14.1. The minimum absolute atomic E-state index is 0.165. The Hall–Kier alpha value is -4.19. The third kappa shape index (κ3) is 4.67. The molecule has 1 amide bonds. The summed E-state index contributed by atoms with van der Waals surface area (Å²) in [6.45, 7) is 2.53. The Morgan fingerprint density at radius 2 is 1.62 bits per heavy atom. The highest BCUT2D eigenvalue weighted by Crippen LogP contribution is 2.32. The number of amides is 1. The highest BCUT2D eigenvalue weighted by Gasteiger charge is 2.23. The summed E-state index contributed by atoms with van der Waals surface area (Å²) in [5.74, 6) is -0.0453. The van der Waals surface area contributed by atoms with Crippen LogP contribution < -0.4 is 4.90 Å². The number of nitrogens with zero attached hydrogens (tertiary/aromatic N) is 3. The Bertz CT molecular complexity index is 1570. The van der Waals surface area contributed by atoms with E-state index < -0.39 is 0 Å². The Labute approximate surface area is 215 Å². The van der Waals surface area contributed by atoms with Crippen molar-refractivity contribution in [3.8, 4) is 11.4 Å². The Kier molecular flexibility index (Phi) is 6.31. The molecule has 0 saturated carbocycles. The van der Waals surface area contributed by atoms with E-state index in [1.165, 1.54) is 17.0 Å². The lowest BCUT2D eigenvalue weighted by Crippen LogP contribution is -2.49. The highest BCUT2D eigenvalue weighted by atomic mass is 19.1. The lowest BCUT2D eigenvalue weighted by atomic mass is 10.0. The number of carbonyl (C=O) groups is 1. The van der Waals surface area contributed by atoms with Crippen molar-refractivity contribution in [3.05, 3.63) is 96.3 Å². The summed E-state index contributed by atoms with van der Waals surface area (Å²) in [6, 6.07) is 27.5. The number of pyridine rings is 1. The number of hydrogen-bond donors (Lipinski definition) is 1. The number of anilines is 1. The van der Waals surface area contributed by atoms with Crippen molar-refractivity contribution < 1.29 is 9.18 Å². The van der Waals surface area contributed by atoms with Crippen LogP contribution in [0.15, 0.2) is 84.9 Å². The van der Waals surface area contributed by atoms with Crippen LogP contribution in [0.2, 0.25) is 0 Å². The molecule has 0 aliphatic carbocycles. The van der Waals surface area contributed by atoms with Gasteiger partial charge in [0.05, 0.1) is 22.6 Å². The van der Waals surface area contributed by atoms with Crippen molar-refractivity contribution >= 4 is 33.4 Å². The summed E-state index contributed by atoms with van der Waals surface area (Å²) >= 11 is 0. The summed E-state index contributed by atoms with van der Waals surface area (Å²) in [4.78, 5) is 25.4. The molecule has 1 aliphatic heterocycles. The zero-order valence-electron chi connectivity index (χ0n) is 20.7. The van der Waals surface area contributed by atoms with Crippen LogP contribution in [0.4, 0.5) is 10.1 Å². The molecule has 5 nitrogen and oxygen atoms in total. The number of para-hydroxylation sites is 3. The lowest BCUT2D eigenvalue weighted by molar-refractivity contribution is -0.131. The molecular weight excluding hydrogens is 463 g/mol. The van der Waals surface area contributed by atoms with Crippen LogP contribution in [-0.4, -0.2) is 47.0 Å². The van der Waals surface area contributed by atoms with Crippen molar-refractivity contribution in [1.82, 2.24) is 14.9 Å². The van der Waals surface area contributed by atoms with Gasteiger partial charge in [-0.2, -0.15) is 0 Å². The van der Waals surface area contributed by atoms with Crippen LogP contribution in [-0.2, 0) is 11.2 Å². The van der Waals surface area contributed by atoms with Gasteiger partial charge in [-0.25, -0.2) is 9.37 Å². The van der Waals surface area contributed by atoms with Crippen LogP contribution in [0.3, 0.4) is 0 Å². The molecule has 0 atom stereocenters. The van der Waals surface area contributed by atoms with Crippen LogP contribution in [0.5, 0.6) is 0 Å². The van der Waals surface area contributed by atoms with E-state index in [-0.39, 0.29) is 11.7 Å². The largest absolute Gasteiger partial charge is 0.366 e. The first kappa shape index (κ1) is 23.2. The topological polar surface area (TPSA) is 52.2 Å². The number of aryl methyl sites for hydroxylation is 1. The molecule has 1 fully saturated rings. The lowest BCUT2D eigenvalue weighted by Gasteiger charge is -2.36. The maximum absolute atomic E-state index is 14.1. The van der Waals surface area contributed by atoms with Crippen LogP contribution in [0.1, 0.15) is 18.4 Å². The number of aromatic nitrogens is 2.